The van der Waals surface area contributed by atoms with Crippen LogP contribution in [-0.4, -0.2) is 40.5 Å². The van der Waals surface area contributed by atoms with Gasteiger partial charge < -0.3 is 19.7 Å². The van der Waals surface area contributed by atoms with Crippen molar-refractivity contribution in [3.05, 3.63) is 42.2 Å². The lowest BCUT2D eigenvalue weighted by Gasteiger charge is -2.19. The highest BCUT2D eigenvalue weighted by Gasteiger charge is 2.42. The highest BCUT2D eigenvalue weighted by Crippen LogP contribution is 2.32. The maximum Gasteiger partial charge on any atom is 0.256 e. The molecular weight excluding hydrogens is 284 g/mol. The number of furan rings is 1. The number of aliphatic hydroxyl groups excluding tert-OH is 1. The molecule has 6 heteroatoms. The Bertz CT molecular complexity index is 754. The fourth-order valence-electron chi connectivity index (χ4n) is 3.08. The van der Waals surface area contributed by atoms with E-state index in [1.807, 2.05) is 6.07 Å². The van der Waals surface area contributed by atoms with Crippen LogP contribution in [0, 0.1) is 0 Å². The lowest BCUT2D eigenvalue weighted by Crippen LogP contribution is -2.40. The van der Waals surface area contributed by atoms with E-state index < -0.39 is 12.1 Å². The first kappa shape index (κ1) is 13.1. The van der Waals surface area contributed by atoms with Gasteiger partial charge in [-0.1, -0.05) is 0 Å². The Morgan fingerprint density at radius 3 is 2.91 bits per heavy atom. The molecule has 3 heterocycles. The molecule has 2 amide bonds. The van der Waals surface area contributed by atoms with Gasteiger partial charge in [-0.25, -0.2) is 0 Å². The van der Waals surface area contributed by atoms with Crippen LogP contribution in [0.25, 0.3) is 11.3 Å². The zero-order chi connectivity index (χ0) is 15.3. The molecule has 2 N–H and O–H groups in total. The summed E-state index contributed by atoms with van der Waals surface area (Å²) in [6.07, 6.45) is 1.18. The zero-order valence-electron chi connectivity index (χ0n) is 11.7. The number of rotatable bonds is 1. The van der Waals surface area contributed by atoms with Gasteiger partial charge in [0.1, 0.15) is 11.8 Å². The first-order valence-electron chi connectivity index (χ1n) is 7.11. The Morgan fingerprint density at radius 2 is 2.14 bits per heavy atom. The summed E-state index contributed by atoms with van der Waals surface area (Å²) < 4.78 is 5.35. The van der Waals surface area contributed by atoms with E-state index in [2.05, 4.69) is 5.32 Å². The van der Waals surface area contributed by atoms with Crippen LogP contribution in [0.3, 0.4) is 0 Å². The number of anilines is 1. The Labute approximate surface area is 126 Å². The van der Waals surface area contributed by atoms with Crippen molar-refractivity contribution in [2.75, 3.05) is 11.9 Å². The number of nitrogens with zero attached hydrogens (tertiary/aromatic N) is 1. The summed E-state index contributed by atoms with van der Waals surface area (Å²) in [6.45, 7) is 0.182. The molecule has 112 valence electrons. The fraction of sp³-hybridized carbons (Fsp3) is 0.250. The van der Waals surface area contributed by atoms with E-state index in [-0.39, 0.29) is 24.8 Å². The number of nitrogens with one attached hydrogen (secondary N) is 1. The van der Waals surface area contributed by atoms with Gasteiger partial charge in [-0.2, -0.15) is 0 Å². The van der Waals surface area contributed by atoms with Gasteiger partial charge in [-0.15, -0.1) is 0 Å². The molecule has 1 aromatic carbocycles. The van der Waals surface area contributed by atoms with Crippen molar-refractivity contribution >= 4 is 17.5 Å². The van der Waals surface area contributed by atoms with Crippen molar-refractivity contribution in [1.82, 2.24) is 4.90 Å². The highest BCUT2D eigenvalue weighted by atomic mass is 16.3. The van der Waals surface area contributed by atoms with Crippen molar-refractivity contribution in [3.63, 3.8) is 0 Å². The average molecular weight is 298 g/mol. The first-order chi connectivity index (χ1) is 10.6. The Balaban J connectivity index is 1.80. The lowest BCUT2D eigenvalue weighted by molar-refractivity contribution is -0.119. The topological polar surface area (TPSA) is 82.8 Å². The van der Waals surface area contributed by atoms with Crippen LogP contribution in [-0.2, 0) is 4.79 Å². The summed E-state index contributed by atoms with van der Waals surface area (Å²) in [5.41, 5.74) is 1.68. The van der Waals surface area contributed by atoms with Crippen molar-refractivity contribution in [2.24, 2.45) is 0 Å². The van der Waals surface area contributed by atoms with E-state index in [9.17, 15) is 14.7 Å². The second-order valence-electron chi connectivity index (χ2n) is 5.59. The molecule has 0 saturated carbocycles. The maximum atomic E-state index is 12.7. The smallest absolute Gasteiger partial charge is 0.256 e. The quantitative estimate of drug-likeness (QED) is 0.835. The van der Waals surface area contributed by atoms with Crippen LogP contribution < -0.4 is 5.32 Å². The lowest BCUT2D eigenvalue weighted by atomic mass is 10.1. The number of carbonyl (C=O) groups excluding carboxylic acids is 2. The van der Waals surface area contributed by atoms with Crippen molar-refractivity contribution in [3.8, 4) is 11.3 Å². The van der Waals surface area contributed by atoms with E-state index in [1.54, 1.807) is 30.5 Å². The monoisotopic (exact) mass is 298 g/mol. The van der Waals surface area contributed by atoms with Crippen molar-refractivity contribution in [1.29, 1.82) is 0 Å². The Hall–Kier alpha value is -2.60. The highest BCUT2D eigenvalue weighted by molar-refractivity contribution is 6.10. The molecule has 0 spiro atoms. The SMILES string of the molecule is O=C1Nc2ccc(-c3ccco3)cc2C(=O)N2C[C@H](O)C[C@@H]12. The van der Waals surface area contributed by atoms with Gasteiger partial charge in [0, 0.05) is 18.5 Å². The summed E-state index contributed by atoms with van der Waals surface area (Å²) in [5.74, 6) is 0.155. The van der Waals surface area contributed by atoms with Gasteiger partial charge in [-0.3, -0.25) is 9.59 Å². The third kappa shape index (κ3) is 1.92. The van der Waals surface area contributed by atoms with Gasteiger partial charge in [0.2, 0.25) is 5.91 Å². The van der Waals surface area contributed by atoms with Crippen LogP contribution in [0.4, 0.5) is 5.69 Å². The molecule has 2 aliphatic rings. The van der Waals surface area contributed by atoms with E-state index >= 15 is 0 Å². The number of carbonyl (C=O) groups is 2. The molecule has 1 aromatic heterocycles. The van der Waals surface area contributed by atoms with E-state index in [4.69, 9.17) is 4.42 Å². The molecule has 2 aliphatic heterocycles. The second-order valence-corrected chi connectivity index (χ2v) is 5.59. The van der Waals surface area contributed by atoms with Gasteiger partial charge in [-0.05, 0) is 30.3 Å². The molecule has 0 radical (unpaired) electrons. The standard InChI is InChI=1S/C16H14N2O4/c19-10-7-13-15(20)17-12-4-3-9(14-2-1-5-22-14)6-11(12)16(21)18(13)8-10/h1-6,10,13,19H,7-8H2,(H,17,20)/t10-,13+/m1/s1. The molecule has 0 bridgehead atoms. The second kappa shape index (κ2) is 4.71. The minimum Gasteiger partial charge on any atom is -0.464 e. The molecule has 22 heavy (non-hydrogen) atoms. The minimum atomic E-state index is -0.658. The Kier molecular flexibility index (Phi) is 2.80. The van der Waals surface area contributed by atoms with Gasteiger partial charge in [0.25, 0.3) is 5.91 Å². The number of benzene rings is 1. The largest absolute Gasteiger partial charge is 0.464 e. The van der Waals surface area contributed by atoms with Crippen LogP contribution in [0.2, 0.25) is 0 Å². The molecule has 2 atom stereocenters. The predicted octanol–water partition coefficient (Wildman–Crippen LogP) is 1.47. The molecule has 2 aromatic rings. The maximum absolute atomic E-state index is 12.7. The van der Waals surface area contributed by atoms with Gasteiger partial charge in [0.05, 0.1) is 23.6 Å². The summed E-state index contributed by atoms with van der Waals surface area (Å²) >= 11 is 0. The number of aliphatic hydroxyl groups is 1. The van der Waals surface area contributed by atoms with Gasteiger partial charge in [0.15, 0.2) is 0 Å². The normalized spacial score (nSPS) is 23.8. The molecular formula is C16H14N2O4. The van der Waals surface area contributed by atoms with Crippen molar-refractivity contribution in [2.45, 2.75) is 18.6 Å². The third-order valence-corrected chi connectivity index (χ3v) is 4.16. The average Bonchev–Trinajstić information content (AvgIpc) is 3.14. The minimum absolute atomic E-state index is 0.182. The third-order valence-electron chi connectivity index (χ3n) is 4.16. The molecule has 0 aliphatic carbocycles. The molecule has 1 saturated heterocycles. The number of fused-ring (bicyclic) bond motifs is 2. The van der Waals surface area contributed by atoms with Crippen molar-refractivity contribution < 1.29 is 19.1 Å². The van der Waals surface area contributed by atoms with Crippen LogP contribution in [0.15, 0.2) is 41.0 Å². The van der Waals surface area contributed by atoms with E-state index in [1.165, 1.54) is 4.90 Å². The molecule has 1 fully saturated rings. The van der Waals surface area contributed by atoms with Crippen LogP contribution >= 0.6 is 0 Å². The van der Waals surface area contributed by atoms with Crippen LogP contribution in [0.1, 0.15) is 16.8 Å². The van der Waals surface area contributed by atoms with Crippen LogP contribution in [0.5, 0.6) is 0 Å². The number of hydrogen-bond acceptors (Lipinski definition) is 4. The first-order valence-corrected chi connectivity index (χ1v) is 7.11. The summed E-state index contributed by atoms with van der Waals surface area (Å²) in [6, 6.07) is 8.20. The summed E-state index contributed by atoms with van der Waals surface area (Å²) in [7, 11) is 0. The van der Waals surface area contributed by atoms with Gasteiger partial charge >= 0.3 is 0 Å². The fourth-order valence-corrected chi connectivity index (χ4v) is 3.08. The zero-order valence-corrected chi connectivity index (χ0v) is 11.7. The summed E-state index contributed by atoms with van der Waals surface area (Å²) in [5, 5.41) is 12.5. The molecule has 6 nitrogen and oxygen atoms in total. The number of amides is 2. The Morgan fingerprint density at radius 1 is 1.27 bits per heavy atom. The number of hydrogen-bond donors (Lipinski definition) is 2. The summed E-state index contributed by atoms with van der Waals surface area (Å²) in [4.78, 5) is 26.4. The van der Waals surface area contributed by atoms with E-state index in [0.717, 1.165) is 5.56 Å². The van der Waals surface area contributed by atoms with E-state index in [0.29, 0.717) is 17.0 Å². The predicted molar refractivity (Wildman–Crippen MR) is 78.2 cm³/mol. The molecule has 4 rings (SSSR count). The molecule has 0 unspecified atom stereocenters.